The van der Waals surface area contributed by atoms with Crippen LogP contribution in [-0.2, 0) is 0 Å². The fourth-order valence-electron chi connectivity index (χ4n) is 3.41. The van der Waals surface area contributed by atoms with Crippen LogP contribution >= 0.6 is 0 Å². The lowest BCUT2D eigenvalue weighted by Crippen LogP contribution is -2.47. The molecule has 15 heavy (non-hydrogen) atoms. The third kappa shape index (κ3) is 2.38. The Kier molecular flexibility index (Phi) is 4.64. The Hall–Kier alpha value is -0.0400. The molecule has 3 atom stereocenters. The maximum absolute atomic E-state index is 3.92. The summed E-state index contributed by atoms with van der Waals surface area (Å²) in [6, 6.07) is 0.768. The van der Waals surface area contributed by atoms with E-state index >= 15 is 0 Å². The molecule has 0 aromatic carbocycles. The summed E-state index contributed by atoms with van der Waals surface area (Å²) in [6.07, 6.45) is 6.58. The largest absolute Gasteiger partial charge is 0.308 e. The fourth-order valence-corrected chi connectivity index (χ4v) is 3.41. The Balaban J connectivity index is 2.81. The predicted molar refractivity (Wildman–Crippen MR) is 68.1 cm³/mol. The van der Waals surface area contributed by atoms with Crippen molar-refractivity contribution in [3.63, 3.8) is 0 Å². The second-order valence-corrected chi connectivity index (χ2v) is 5.34. The van der Waals surface area contributed by atoms with Gasteiger partial charge in [-0.3, -0.25) is 0 Å². The van der Waals surface area contributed by atoms with Gasteiger partial charge in [-0.1, -0.05) is 41.0 Å². The monoisotopic (exact) mass is 211 g/mol. The molecule has 1 heterocycles. The zero-order valence-electron chi connectivity index (χ0n) is 11.3. The average molecular weight is 211 g/mol. The van der Waals surface area contributed by atoms with Gasteiger partial charge >= 0.3 is 0 Å². The van der Waals surface area contributed by atoms with E-state index in [1.807, 2.05) is 0 Å². The highest BCUT2D eigenvalue weighted by atomic mass is 15.1. The summed E-state index contributed by atoms with van der Waals surface area (Å²) in [5.41, 5.74) is 0.441. The molecule has 0 aliphatic carbocycles. The summed E-state index contributed by atoms with van der Waals surface area (Å²) in [5.74, 6) is 1.76. The summed E-state index contributed by atoms with van der Waals surface area (Å²) >= 11 is 0. The quantitative estimate of drug-likeness (QED) is 0.725. The number of hydrogen-bond acceptors (Lipinski definition) is 1. The van der Waals surface area contributed by atoms with Crippen LogP contribution in [0.5, 0.6) is 0 Å². The van der Waals surface area contributed by atoms with Crippen molar-refractivity contribution in [2.75, 3.05) is 0 Å². The second kappa shape index (κ2) is 5.34. The summed E-state index contributed by atoms with van der Waals surface area (Å²) in [6.45, 7) is 11.8. The number of rotatable bonds is 5. The van der Waals surface area contributed by atoms with Crippen molar-refractivity contribution in [2.24, 2.45) is 11.8 Å². The van der Waals surface area contributed by atoms with E-state index in [2.05, 4.69) is 39.9 Å². The highest BCUT2D eigenvalue weighted by molar-refractivity contribution is 5.03. The molecule has 0 amide bonds. The van der Waals surface area contributed by atoms with E-state index in [1.165, 1.54) is 32.1 Å². The minimum absolute atomic E-state index is 0.441. The zero-order chi connectivity index (χ0) is 11.5. The van der Waals surface area contributed by atoms with Gasteiger partial charge in [-0.05, 0) is 37.5 Å². The van der Waals surface area contributed by atoms with E-state index in [9.17, 15) is 0 Å². The normalized spacial score (nSPS) is 31.8. The van der Waals surface area contributed by atoms with Gasteiger partial charge in [0.2, 0.25) is 0 Å². The molecule has 0 saturated carbocycles. The summed E-state index contributed by atoms with van der Waals surface area (Å²) in [7, 11) is 0. The lowest BCUT2D eigenvalue weighted by molar-refractivity contribution is 0.190. The van der Waals surface area contributed by atoms with Crippen LogP contribution in [0.4, 0.5) is 0 Å². The predicted octanol–water partition coefficient (Wildman–Crippen LogP) is 3.98. The van der Waals surface area contributed by atoms with Crippen molar-refractivity contribution in [3.8, 4) is 0 Å². The summed E-state index contributed by atoms with van der Waals surface area (Å²) in [4.78, 5) is 0. The van der Waals surface area contributed by atoms with Crippen LogP contribution < -0.4 is 5.32 Å². The lowest BCUT2D eigenvalue weighted by Gasteiger charge is -2.37. The van der Waals surface area contributed by atoms with Crippen molar-refractivity contribution in [3.05, 3.63) is 0 Å². The molecule has 0 spiro atoms. The lowest BCUT2D eigenvalue weighted by atomic mass is 9.73. The molecule has 0 radical (unpaired) electrons. The Morgan fingerprint density at radius 1 is 1.20 bits per heavy atom. The first-order chi connectivity index (χ1) is 7.13. The van der Waals surface area contributed by atoms with Gasteiger partial charge in [0, 0.05) is 11.6 Å². The van der Waals surface area contributed by atoms with Crippen LogP contribution in [0.25, 0.3) is 0 Å². The van der Waals surface area contributed by atoms with Crippen molar-refractivity contribution in [1.82, 2.24) is 5.32 Å². The van der Waals surface area contributed by atoms with Crippen molar-refractivity contribution >= 4 is 0 Å². The third-order valence-electron chi connectivity index (χ3n) is 4.83. The van der Waals surface area contributed by atoms with E-state index in [-0.39, 0.29) is 0 Å². The second-order valence-electron chi connectivity index (χ2n) is 5.34. The molecule has 0 aromatic rings. The molecule has 1 N–H and O–H groups in total. The van der Waals surface area contributed by atoms with E-state index in [0.29, 0.717) is 5.54 Å². The van der Waals surface area contributed by atoms with Gasteiger partial charge in [0.05, 0.1) is 0 Å². The van der Waals surface area contributed by atoms with E-state index < -0.39 is 0 Å². The van der Waals surface area contributed by atoms with Crippen molar-refractivity contribution < 1.29 is 0 Å². The molecule has 0 bridgehead atoms. The van der Waals surface area contributed by atoms with Gasteiger partial charge < -0.3 is 5.32 Å². The van der Waals surface area contributed by atoms with Crippen LogP contribution in [0.3, 0.4) is 0 Å². The molecule has 1 nitrogen and oxygen atoms in total. The molecule has 0 aromatic heterocycles. The fraction of sp³-hybridized carbons (Fsp3) is 1.00. The molecule has 1 rings (SSSR count). The maximum atomic E-state index is 3.92. The van der Waals surface area contributed by atoms with Crippen LogP contribution in [0.1, 0.15) is 66.7 Å². The van der Waals surface area contributed by atoms with Gasteiger partial charge in [-0.25, -0.2) is 0 Å². The molecular formula is C14H29N. The average Bonchev–Trinajstić information content (AvgIpc) is 2.67. The van der Waals surface area contributed by atoms with Crippen LogP contribution in [0.2, 0.25) is 0 Å². The first-order valence-electron chi connectivity index (χ1n) is 6.91. The minimum Gasteiger partial charge on any atom is -0.308 e. The van der Waals surface area contributed by atoms with Gasteiger partial charge in [-0.2, -0.15) is 0 Å². The molecule has 1 aliphatic heterocycles. The SMILES string of the molecule is CCC(C)[C@@H]1C[C@@H](CC)NC1(CC)CC. The first kappa shape index (κ1) is 13.0. The Morgan fingerprint density at radius 3 is 2.20 bits per heavy atom. The van der Waals surface area contributed by atoms with Gasteiger partial charge in [0.25, 0.3) is 0 Å². The zero-order valence-corrected chi connectivity index (χ0v) is 11.3. The van der Waals surface area contributed by atoms with Gasteiger partial charge in [-0.15, -0.1) is 0 Å². The summed E-state index contributed by atoms with van der Waals surface area (Å²) < 4.78 is 0. The first-order valence-corrected chi connectivity index (χ1v) is 6.91. The molecule has 1 unspecified atom stereocenters. The summed E-state index contributed by atoms with van der Waals surface area (Å²) in [5, 5.41) is 3.92. The molecule has 90 valence electrons. The standard InChI is InChI=1S/C14H29N/c1-6-11(5)13-10-12(7-2)15-14(13,8-3)9-4/h11-13,15H,6-10H2,1-5H3/t11?,12-,13+/m1/s1. The van der Waals surface area contributed by atoms with Crippen molar-refractivity contribution in [1.29, 1.82) is 0 Å². The molecule has 1 aliphatic rings. The van der Waals surface area contributed by atoms with Crippen LogP contribution in [-0.4, -0.2) is 11.6 Å². The molecular weight excluding hydrogens is 182 g/mol. The smallest absolute Gasteiger partial charge is 0.0210 e. The topological polar surface area (TPSA) is 12.0 Å². The van der Waals surface area contributed by atoms with Crippen LogP contribution in [0.15, 0.2) is 0 Å². The maximum Gasteiger partial charge on any atom is 0.0210 e. The van der Waals surface area contributed by atoms with E-state index in [1.54, 1.807) is 0 Å². The highest BCUT2D eigenvalue weighted by Gasteiger charge is 2.45. The number of hydrogen-bond donors (Lipinski definition) is 1. The van der Waals surface area contributed by atoms with E-state index in [0.717, 1.165) is 17.9 Å². The van der Waals surface area contributed by atoms with Gasteiger partial charge in [0.15, 0.2) is 0 Å². The molecule has 1 fully saturated rings. The van der Waals surface area contributed by atoms with Crippen LogP contribution in [0, 0.1) is 11.8 Å². The highest BCUT2D eigenvalue weighted by Crippen LogP contribution is 2.41. The Morgan fingerprint density at radius 2 is 1.80 bits per heavy atom. The molecule has 1 saturated heterocycles. The van der Waals surface area contributed by atoms with Gasteiger partial charge in [0.1, 0.15) is 0 Å². The van der Waals surface area contributed by atoms with Crippen molar-refractivity contribution in [2.45, 2.75) is 78.3 Å². The molecule has 1 heteroatoms. The van der Waals surface area contributed by atoms with E-state index in [4.69, 9.17) is 0 Å². The number of nitrogens with one attached hydrogen (secondary N) is 1. The third-order valence-corrected chi connectivity index (χ3v) is 4.83. The Labute approximate surface area is 96.0 Å². The minimum atomic E-state index is 0.441. The Bertz CT molecular complexity index is 184.